The summed E-state index contributed by atoms with van der Waals surface area (Å²) in [7, 11) is 0. The second kappa shape index (κ2) is 47.4. The second-order valence-electron chi connectivity index (χ2n) is 20.4. The number of esters is 3. The van der Waals surface area contributed by atoms with Gasteiger partial charge >= 0.3 is 17.9 Å². The molecule has 0 saturated heterocycles. The summed E-state index contributed by atoms with van der Waals surface area (Å²) in [6.45, 7) is 13.7. The Morgan fingerprint density at radius 3 is 0.839 bits per heavy atom. The summed E-state index contributed by atoms with van der Waals surface area (Å²) in [6.07, 6.45) is 48.1. The SMILES string of the molecule is CCC(C)CCCCCCCCC(=O)OC[C@H](COC(=O)CCCCCCCCCCCCCCCCCCC(C)C)OC(=O)CCCCCCCCCCCCCCC(C)C. The van der Waals surface area contributed by atoms with Crippen molar-refractivity contribution in [1.82, 2.24) is 0 Å². The van der Waals surface area contributed by atoms with Gasteiger partial charge in [0.05, 0.1) is 0 Å². The van der Waals surface area contributed by atoms with Gasteiger partial charge in [0.15, 0.2) is 6.10 Å². The first-order valence-electron chi connectivity index (χ1n) is 27.6. The van der Waals surface area contributed by atoms with Crippen LogP contribution in [-0.2, 0) is 28.6 Å². The van der Waals surface area contributed by atoms with E-state index in [9.17, 15) is 14.4 Å². The van der Waals surface area contributed by atoms with E-state index < -0.39 is 6.10 Å². The zero-order chi connectivity index (χ0) is 45.6. The summed E-state index contributed by atoms with van der Waals surface area (Å²) < 4.78 is 16.8. The van der Waals surface area contributed by atoms with Crippen LogP contribution < -0.4 is 0 Å². The fraction of sp³-hybridized carbons (Fsp3) is 0.946. The highest BCUT2D eigenvalue weighted by molar-refractivity contribution is 5.71. The largest absolute Gasteiger partial charge is 0.462 e. The molecule has 2 atom stereocenters. The monoisotopic (exact) mass is 877 g/mol. The van der Waals surface area contributed by atoms with E-state index >= 15 is 0 Å². The van der Waals surface area contributed by atoms with Crippen molar-refractivity contribution in [3.05, 3.63) is 0 Å². The molecule has 0 aromatic heterocycles. The molecule has 0 radical (unpaired) electrons. The van der Waals surface area contributed by atoms with Crippen molar-refractivity contribution in [1.29, 1.82) is 0 Å². The summed E-state index contributed by atoms with van der Waals surface area (Å²) in [5.41, 5.74) is 0. The maximum atomic E-state index is 12.8. The number of carbonyl (C=O) groups excluding carboxylic acids is 3. The van der Waals surface area contributed by atoms with E-state index in [0.29, 0.717) is 19.3 Å². The van der Waals surface area contributed by atoms with Crippen LogP contribution in [0.3, 0.4) is 0 Å². The van der Waals surface area contributed by atoms with Gasteiger partial charge in [-0.3, -0.25) is 14.4 Å². The average Bonchev–Trinajstić information content (AvgIpc) is 3.24. The van der Waals surface area contributed by atoms with Crippen LogP contribution in [0.15, 0.2) is 0 Å². The lowest BCUT2D eigenvalue weighted by molar-refractivity contribution is -0.167. The highest BCUT2D eigenvalue weighted by Crippen LogP contribution is 2.18. The summed E-state index contributed by atoms with van der Waals surface area (Å²) in [5.74, 6) is 1.65. The smallest absolute Gasteiger partial charge is 0.306 e. The maximum Gasteiger partial charge on any atom is 0.306 e. The van der Waals surface area contributed by atoms with Gasteiger partial charge in [-0.25, -0.2) is 0 Å². The first-order chi connectivity index (χ1) is 30.1. The van der Waals surface area contributed by atoms with E-state index in [1.165, 1.54) is 186 Å². The summed E-state index contributed by atoms with van der Waals surface area (Å²) in [4.78, 5) is 38.0. The molecule has 0 amide bonds. The molecule has 6 heteroatoms. The molecule has 6 nitrogen and oxygen atoms in total. The molecule has 62 heavy (non-hydrogen) atoms. The minimum absolute atomic E-state index is 0.0646. The number of carbonyl (C=O) groups is 3. The first-order valence-corrected chi connectivity index (χ1v) is 27.6. The summed E-state index contributed by atoms with van der Waals surface area (Å²) >= 11 is 0. The Kier molecular flexibility index (Phi) is 46.2. The minimum Gasteiger partial charge on any atom is -0.462 e. The number of rotatable bonds is 49. The summed E-state index contributed by atoms with van der Waals surface area (Å²) in [6, 6.07) is 0. The zero-order valence-electron chi connectivity index (χ0n) is 42.7. The van der Waals surface area contributed by atoms with Crippen LogP contribution in [0.2, 0.25) is 0 Å². The summed E-state index contributed by atoms with van der Waals surface area (Å²) in [5, 5.41) is 0. The van der Waals surface area contributed by atoms with Gasteiger partial charge in [0, 0.05) is 19.3 Å². The minimum atomic E-state index is -0.763. The standard InChI is InChI=1S/C56H108O6/c1-7-52(6)44-38-32-28-29-34-40-46-55(58)61-49-53(62-56(59)47-41-35-27-23-19-15-14-17-21-25-31-37-43-51(4)5)48-60-54(57)45-39-33-26-22-18-13-11-9-8-10-12-16-20-24-30-36-42-50(2)3/h50-53H,7-49H2,1-6H3/t52?,53-/m0/s1. The van der Waals surface area contributed by atoms with E-state index in [0.717, 1.165) is 75.5 Å². The lowest BCUT2D eigenvalue weighted by atomic mass is 10.00. The molecule has 0 aliphatic heterocycles. The third kappa shape index (κ3) is 47.9. The van der Waals surface area contributed by atoms with Gasteiger partial charge in [0.25, 0.3) is 0 Å². The van der Waals surface area contributed by atoms with Crippen LogP contribution in [0, 0.1) is 17.8 Å². The van der Waals surface area contributed by atoms with Crippen molar-refractivity contribution < 1.29 is 28.6 Å². The lowest BCUT2D eigenvalue weighted by Gasteiger charge is -2.18. The molecule has 0 aromatic rings. The third-order valence-electron chi connectivity index (χ3n) is 13.0. The van der Waals surface area contributed by atoms with Gasteiger partial charge in [-0.2, -0.15) is 0 Å². The van der Waals surface area contributed by atoms with Crippen molar-refractivity contribution >= 4 is 17.9 Å². The molecule has 1 unspecified atom stereocenters. The molecule has 0 aliphatic rings. The van der Waals surface area contributed by atoms with Gasteiger partial charge in [0.1, 0.15) is 13.2 Å². The molecule has 0 saturated carbocycles. The Morgan fingerprint density at radius 1 is 0.323 bits per heavy atom. The number of hydrogen-bond acceptors (Lipinski definition) is 6. The molecule has 0 spiro atoms. The van der Waals surface area contributed by atoms with E-state index in [1.807, 2.05) is 0 Å². The van der Waals surface area contributed by atoms with Crippen LogP contribution in [0.5, 0.6) is 0 Å². The average molecular weight is 877 g/mol. The molecule has 368 valence electrons. The number of ether oxygens (including phenoxy) is 3. The van der Waals surface area contributed by atoms with Gasteiger partial charge in [-0.1, -0.05) is 266 Å². The van der Waals surface area contributed by atoms with Crippen molar-refractivity contribution in [3.8, 4) is 0 Å². The fourth-order valence-corrected chi connectivity index (χ4v) is 8.44. The number of unbranched alkanes of at least 4 members (excludes halogenated alkanes) is 31. The molecule has 0 N–H and O–H groups in total. The lowest BCUT2D eigenvalue weighted by Crippen LogP contribution is -2.30. The molecule has 0 aromatic carbocycles. The van der Waals surface area contributed by atoms with Gasteiger partial charge in [-0.15, -0.1) is 0 Å². The molecule has 0 heterocycles. The zero-order valence-corrected chi connectivity index (χ0v) is 42.7. The highest BCUT2D eigenvalue weighted by atomic mass is 16.6. The number of hydrogen-bond donors (Lipinski definition) is 0. The Labute approximate surface area is 387 Å². The molecule has 0 rings (SSSR count). The van der Waals surface area contributed by atoms with Gasteiger partial charge < -0.3 is 14.2 Å². The van der Waals surface area contributed by atoms with Crippen LogP contribution in [0.25, 0.3) is 0 Å². The fourth-order valence-electron chi connectivity index (χ4n) is 8.44. The maximum absolute atomic E-state index is 12.8. The van der Waals surface area contributed by atoms with Crippen LogP contribution in [0.1, 0.15) is 305 Å². The van der Waals surface area contributed by atoms with E-state index in [2.05, 4.69) is 41.5 Å². The molecule has 0 fully saturated rings. The van der Waals surface area contributed by atoms with E-state index in [4.69, 9.17) is 14.2 Å². The first kappa shape index (κ1) is 60.4. The van der Waals surface area contributed by atoms with Crippen molar-refractivity contribution in [2.24, 2.45) is 17.8 Å². The molecule has 0 bridgehead atoms. The Morgan fingerprint density at radius 2 is 0.565 bits per heavy atom. The van der Waals surface area contributed by atoms with Gasteiger partial charge in [-0.05, 0) is 37.0 Å². The molecule has 0 aliphatic carbocycles. The topological polar surface area (TPSA) is 78.9 Å². The van der Waals surface area contributed by atoms with Gasteiger partial charge in [0.2, 0.25) is 0 Å². The van der Waals surface area contributed by atoms with Crippen molar-refractivity contribution in [3.63, 3.8) is 0 Å². The highest BCUT2D eigenvalue weighted by Gasteiger charge is 2.19. The van der Waals surface area contributed by atoms with Crippen LogP contribution >= 0.6 is 0 Å². The second-order valence-corrected chi connectivity index (χ2v) is 20.4. The van der Waals surface area contributed by atoms with Crippen LogP contribution in [-0.4, -0.2) is 37.2 Å². The van der Waals surface area contributed by atoms with Crippen molar-refractivity contribution in [2.75, 3.05) is 13.2 Å². The van der Waals surface area contributed by atoms with Crippen molar-refractivity contribution in [2.45, 2.75) is 311 Å². The normalized spacial score (nSPS) is 12.6. The predicted octanol–water partition coefficient (Wildman–Crippen LogP) is 17.9. The Bertz CT molecular complexity index is 962. The Hall–Kier alpha value is -1.59. The van der Waals surface area contributed by atoms with E-state index in [-0.39, 0.29) is 31.1 Å². The van der Waals surface area contributed by atoms with E-state index in [1.54, 1.807) is 0 Å². The van der Waals surface area contributed by atoms with Crippen LogP contribution in [0.4, 0.5) is 0 Å². The third-order valence-corrected chi connectivity index (χ3v) is 13.0. The molecular formula is C56H108O6. The predicted molar refractivity (Wildman–Crippen MR) is 266 cm³/mol. The molecular weight excluding hydrogens is 769 g/mol. The quantitative estimate of drug-likeness (QED) is 0.0344. The Balaban J connectivity index is 4.25.